The van der Waals surface area contributed by atoms with Crippen molar-refractivity contribution < 1.29 is 0 Å². The van der Waals surface area contributed by atoms with Gasteiger partial charge in [0.25, 0.3) is 0 Å². The smallest absolute Gasteiger partial charge is 0.0769 e. The molecular formula is C18H28N2. The number of likely N-dealkylation sites (tertiary alicyclic amines) is 1. The zero-order valence-electron chi connectivity index (χ0n) is 13.8. The molecule has 2 nitrogen and oxygen atoms in total. The van der Waals surface area contributed by atoms with E-state index in [-0.39, 0.29) is 11.1 Å². The third kappa shape index (κ3) is 1.85. The van der Waals surface area contributed by atoms with Gasteiger partial charge in [0.05, 0.1) is 5.54 Å². The van der Waals surface area contributed by atoms with E-state index >= 15 is 0 Å². The molecule has 0 N–H and O–H groups in total. The van der Waals surface area contributed by atoms with Gasteiger partial charge in [0.15, 0.2) is 0 Å². The van der Waals surface area contributed by atoms with Gasteiger partial charge in [0.2, 0.25) is 0 Å². The maximum Gasteiger partial charge on any atom is 0.0769 e. The fourth-order valence-corrected chi connectivity index (χ4v) is 4.43. The summed E-state index contributed by atoms with van der Waals surface area (Å²) >= 11 is 0. The van der Waals surface area contributed by atoms with Gasteiger partial charge in [-0.05, 0) is 44.9 Å². The van der Waals surface area contributed by atoms with E-state index in [4.69, 9.17) is 0 Å². The summed E-state index contributed by atoms with van der Waals surface area (Å²) in [5.41, 5.74) is 3.60. The van der Waals surface area contributed by atoms with Crippen molar-refractivity contribution in [3.8, 4) is 0 Å². The summed E-state index contributed by atoms with van der Waals surface area (Å²) in [6.45, 7) is 14.0. The molecule has 2 fully saturated rings. The van der Waals surface area contributed by atoms with Gasteiger partial charge in [0.1, 0.15) is 0 Å². The van der Waals surface area contributed by atoms with Crippen LogP contribution in [0.2, 0.25) is 0 Å². The highest BCUT2D eigenvalue weighted by Gasteiger charge is 2.70. The summed E-state index contributed by atoms with van der Waals surface area (Å²) in [6.07, 6.45) is 0. The Morgan fingerprint density at radius 1 is 1.20 bits per heavy atom. The summed E-state index contributed by atoms with van der Waals surface area (Å²) in [6, 6.07) is 9.78. The minimum atomic E-state index is 0.246. The number of fused-ring (bicyclic) bond motifs is 1. The Kier molecular flexibility index (Phi) is 3.04. The van der Waals surface area contributed by atoms with Crippen LogP contribution in [-0.4, -0.2) is 41.5 Å². The molecule has 0 bridgehead atoms. The third-order valence-electron chi connectivity index (χ3n) is 4.99. The molecule has 3 unspecified atom stereocenters. The van der Waals surface area contributed by atoms with E-state index in [1.807, 2.05) is 0 Å². The molecule has 0 aliphatic carbocycles. The van der Waals surface area contributed by atoms with E-state index in [1.54, 1.807) is 5.56 Å². The van der Waals surface area contributed by atoms with E-state index in [9.17, 15) is 0 Å². The number of likely N-dealkylation sites (N-methyl/N-ethyl adjacent to an activating group) is 1. The van der Waals surface area contributed by atoms with Crippen LogP contribution in [0.25, 0.3) is 0 Å². The van der Waals surface area contributed by atoms with Crippen molar-refractivity contribution >= 4 is 0 Å². The molecule has 2 saturated heterocycles. The first kappa shape index (κ1) is 14.1. The predicted molar refractivity (Wildman–Crippen MR) is 85.1 cm³/mol. The highest BCUT2D eigenvalue weighted by atomic mass is 15.5. The van der Waals surface area contributed by atoms with Crippen LogP contribution >= 0.6 is 0 Å². The Morgan fingerprint density at radius 3 is 2.45 bits per heavy atom. The van der Waals surface area contributed by atoms with Crippen molar-refractivity contribution in [2.45, 2.75) is 57.7 Å². The van der Waals surface area contributed by atoms with E-state index in [1.165, 1.54) is 18.7 Å². The first-order valence-electron chi connectivity index (χ1n) is 7.86. The summed E-state index contributed by atoms with van der Waals surface area (Å²) in [5, 5.41) is 0. The van der Waals surface area contributed by atoms with Crippen molar-refractivity contribution in [3.63, 3.8) is 0 Å². The molecule has 0 spiro atoms. The molecule has 110 valence electrons. The second-order valence-corrected chi connectivity index (χ2v) is 7.92. The van der Waals surface area contributed by atoms with Gasteiger partial charge in [0, 0.05) is 24.7 Å². The van der Waals surface area contributed by atoms with Gasteiger partial charge in [-0.15, -0.1) is 0 Å². The standard InChI is InChI=1S/C18H28N2/c1-13(2)14-9-7-8-10-15(14)18-12-19(6)11-16(18)20(18)17(3,4)5/h7-10,13,16H,11-12H2,1-6H3. The molecule has 1 aromatic rings. The molecule has 20 heavy (non-hydrogen) atoms. The van der Waals surface area contributed by atoms with E-state index in [0.29, 0.717) is 12.0 Å². The Morgan fingerprint density at radius 2 is 1.85 bits per heavy atom. The molecule has 2 aliphatic rings. The average Bonchev–Trinajstić information content (AvgIpc) is 2.85. The molecular weight excluding hydrogens is 244 g/mol. The first-order valence-corrected chi connectivity index (χ1v) is 7.86. The number of hydrogen-bond acceptors (Lipinski definition) is 2. The highest BCUT2D eigenvalue weighted by molar-refractivity contribution is 5.46. The lowest BCUT2D eigenvalue weighted by molar-refractivity contribution is 0.171. The van der Waals surface area contributed by atoms with Crippen LogP contribution in [0.4, 0.5) is 0 Å². The van der Waals surface area contributed by atoms with Crippen molar-refractivity contribution in [1.29, 1.82) is 0 Å². The fraction of sp³-hybridized carbons (Fsp3) is 0.667. The Bertz CT molecular complexity index is 514. The van der Waals surface area contributed by atoms with Crippen LogP contribution in [-0.2, 0) is 5.54 Å². The summed E-state index contributed by atoms with van der Waals surface area (Å²) in [7, 11) is 2.26. The second kappa shape index (κ2) is 4.32. The third-order valence-corrected chi connectivity index (χ3v) is 4.99. The zero-order chi connectivity index (χ0) is 14.7. The van der Waals surface area contributed by atoms with Crippen molar-refractivity contribution in [3.05, 3.63) is 35.4 Å². The topological polar surface area (TPSA) is 6.25 Å². The van der Waals surface area contributed by atoms with Gasteiger partial charge < -0.3 is 4.90 Å². The van der Waals surface area contributed by atoms with Crippen molar-refractivity contribution in [2.75, 3.05) is 20.1 Å². The van der Waals surface area contributed by atoms with Gasteiger partial charge in [-0.3, -0.25) is 4.90 Å². The molecule has 3 atom stereocenters. The lowest BCUT2D eigenvalue weighted by Crippen LogP contribution is -2.40. The molecule has 0 radical (unpaired) electrons. The minimum absolute atomic E-state index is 0.246. The van der Waals surface area contributed by atoms with Crippen LogP contribution in [0.15, 0.2) is 24.3 Å². The highest BCUT2D eigenvalue weighted by Crippen LogP contribution is 2.59. The van der Waals surface area contributed by atoms with Gasteiger partial charge in [-0.2, -0.15) is 0 Å². The molecule has 2 aliphatic heterocycles. The van der Waals surface area contributed by atoms with Gasteiger partial charge in [-0.1, -0.05) is 38.1 Å². The van der Waals surface area contributed by atoms with Crippen molar-refractivity contribution in [1.82, 2.24) is 9.80 Å². The van der Waals surface area contributed by atoms with Crippen LogP contribution in [0, 0.1) is 0 Å². The zero-order valence-corrected chi connectivity index (χ0v) is 13.8. The average molecular weight is 272 g/mol. The lowest BCUT2D eigenvalue weighted by Gasteiger charge is -2.32. The lowest BCUT2D eigenvalue weighted by atomic mass is 9.87. The molecule has 0 aromatic heterocycles. The molecule has 0 saturated carbocycles. The van der Waals surface area contributed by atoms with Crippen molar-refractivity contribution in [2.24, 2.45) is 0 Å². The van der Waals surface area contributed by atoms with E-state index in [0.717, 1.165) is 0 Å². The number of hydrogen-bond donors (Lipinski definition) is 0. The quantitative estimate of drug-likeness (QED) is 0.761. The monoisotopic (exact) mass is 272 g/mol. The maximum atomic E-state index is 2.74. The number of benzene rings is 1. The summed E-state index contributed by atoms with van der Waals surface area (Å²) in [5.74, 6) is 0.592. The van der Waals surface area contributed by atoms with Crippen LogP contribution in [0.5, 0.6) is 0 Å². The fourth-order valence-electron chi connectivity index (χ4n) is 4.43. The van der Waals surface area contributed by atoms with Crippen LogP contribution in [0.1, 0.15) is 51.7 Å². The predicted octanol–water partition coefficient (Wildman–Crippen LogP) is 3.43. The number of piperazine rings is 1. The Hall–Kier alpha value is -0.860. The molecule has 0 amide bonds. The Labute approximate surface area is 123 Å². The minimum Gasteiger partial charge on any atom is -0.302 e. The Balaban J connectivity index is 2.08. The summed E-state index contributed by atoms with van der Waals surface area (Å²) in [4.78, 5) is 5.23. The van der Waals surface area contributed by atoms with E-state index in [2.05, 4.69) is 75.7 Å². The largest absolute Gasteiger partial charge is 0.302 e. The normalized spacial score (nSPS) is 33.5. The second-order valence-electron chi connectivity index (χ2n) is 7.92. The van der Waals surface area contributed by atoms with Crippen LogP contribution in [0.3, 0.4) is 0 Å². The number of rotatable bonds is 2. The first-order chi connectivity index (χ1) is 9.28. The molecule has 1 aromatic carbocycles. The van der Waals surface area contributed by atoms with Crippen LogP contribution < -0.4 is 0 Å². The molecule has 3 rings (SSSR count). The summed E-state index contributed by atoms with van der Waals surface area (Å²) < 4.78 is 0. The van der Waals surface area contributed by atoms with Gasteiger partial charge >= 0.3 is 0 Å². The maximum absolute atomic E-state index is 2.74. The molecule has 2 heteroatoms. The number of nitrogens with zero attached hydrogens (tertiary/aromatic N) is 2. The van der Waals surface area contributed by atoms with Gasteiger partial charge in [-0.25, -0.2) is 0 Å². The van der Waals surface area contributed by atoms with E-state index < -0.39 is 0 Å². The molecule has 2 heterocycles. The SMILES string of the molecule is CC(C)c1ccccc1C12CN(C)CC1N2C(C)(C)C.